The highest BCUT2D eigenvalue weighted by atomic mass is 19.4. The lowest BCUT2D eigenvalue weighted by Crippen LogP contribution is -2.18. The Morgan fingerprint density at radius 1 is 0.968 bits per heavy atom. The number of ether oxygens (including phenoxy) is 1. The van der Waals surface area contributed by atoms with E-state index in [9.17, 15) is 17.6 Å². The van der Waals surface area contributed by atoms with Gasteiger partial charge in [-0.1, -0.05) is 24.3 Å². The fourth-order valence-electron chi connectivity index (χ4n) is 3.75. The number of alkyl halides is 3. The zero-order valence-corrected chi connectivity index (χ0v) is 16.5. The Morgan fingerprint density at radius 3 is 2.42 bits per heavy atom. The number of halogens is 5. The zero-order chi connectivity index (χ0) is 22.2. The van der Waals surface area contributed by atoms with Crippen LogP contribution in [0.3, 0.4) is 0 Å². The molecule has 0 aliphatic carbocycles. The Morgan fingerprint density at radius 2 is 1.74 bits per heavy atom. The van der Waals surface area contributed by atoms with E-state index in [1.54, 1.807) is 24.3 Å². The van der Waals surface area contributed by atoms with Gasteiger partial charge >= 0.3 is 6.18 Å². The minimum atomic E-state index is -4.63. The number of aromatic nitrogens is 2. The molecule has 0 amide bonds. The number of nitrogens with zero attached hydrogens (tertiary/aromatic N) is 3. The molecule has 0 saturated heterocycles. The highest BCUT2D eigenvalue weighted by Crippen LogP contribution is 2.39. The standard InChI is InChI=1S/C22H18F5N3O/c1-30-11-10-14(15-4-2-3-5-17(15)23)13-6-7-18(21(24)16(13)12-30)31-20-9-8-19(28-29-20)22(25,26)27/h2-9,14H,10-12H2,1H3. The van der Waals surface area contributed by atoms with Crippen LogP contribution in [0.15, 0.2) is 48.5 Å². The molecule has 1 unspecified atom stereocenters. The largest absolute Gasteiger partial charge is 0.435 e. The van der Waals surface area contributed by atoms with E-state index in [1.807, 2.05) is 11.9 Å². The molecule has 31 heavy (non-hydrogen) atoms. The second-order valence-corrected chi connectivity index (χ2v) is 7.40. The van der Waals surface area contributed by atoms with Crippen LogP contribution in [-0.2, 0) is 12.7 Å². The summed E-state index contributed by atoms with van der Waals surface area (Å²) in [4.78, 5) is 1.92. The molecule has 0 saturated carbocycles. The molecular weight excluding hydrogens is 417 g/mol. The van der Waals surface area contributed by atoms with Crippen LogP contribution in [0.4, 0.5) is 22.0 Å². The van der Waals surface area contributed by atoms with E-state index in [1.165, 1.54) is 12.1 Å². The van der Waals surface area contributed by atoms with Crippen LogP contribution in [0.2, 0.25) is 0 Å². The van der Waals surface area contributed by atoms with Crippen LogP contribution < -0.4 is 4.74 Å². The molecule has 9 heteroatoms. The molecule has 0 N–H and O–H groups in total. The number of benzene rings is 2. The molecule has 4 nitrogen and oxygen atoms in total. The van der Waals surface area contributed by atoms with Gasteiger partial charge in [-0.2, -0.15) is 13.2 Å². The predicted octanol–water partition coefficient (Wildman–Crippen LogP) is 5.53. The van der Waals surface area contributed by atoms with E-state index in [0.29, 0.717) is 35.7 Å². The topological polar surface area (TPSA) is 38.2 Å². The summed E-state index contributed by atoms with van der Waals surface area (Å²) in [7, 11) is 1.84. The van der Waals surface area contributed by atoms with Crippen LogP contribution >= 0.6 is 0 Å². The quantitative estimate of drug-likeness (QED) is 0.507. The van der Waals surface area contributed by atoms with Crippen molar-refractivity contribution in [2.45, 2.75) is 25.1 Å². The Hall–Kier alpha value is -3.07. The van der Waals surface area contributed by atoms with Gasteiger partial charge < -0.3 is 9.64 Å². The Bertz CT molecular complexity index is 1090. The second kappa shape index (κ2) is 8.22. The Kier molecular flexibility index (Phi) is 5.62. The van der Waals surface area contributed by atoms with E-state index < -0.39 is 17.7 Å². The van der Waals surface area contributed by atoms with E-state index in [-0.39, 0.29) is 29.9 Å². The molecule has 0 bridgehead atoms. The molecule has 0 spiro atoms. The molecule has 3 aromatic rings. The molecule has 0 radical (unpaired) electrons. The van der Waals surface area contributed by atoms with Gasteiger partial charge in [0.15, 0.2) is 17.3 Å². The van der Waals surface area contributed by atoms with Crippen molar-refractivity contribution in [3.05, 3.63) is 82.5 Å². The summed E-state index contributed by atoms with van der Waals surface area (Å²) in [6, 6.07) is 11.2. The minimum Gasteiger partial charge on any atom is -0.434 e. The van der Waals surface area contributed by atoms with Crippen molar-refractivity contribution < 1.29 is 26.7 Å². The summed E-state index contributed by atoms with van der Waals surface area (Å²) in [5.74, 6) is -1.80. The van der Waals surface area contributed by atoms with Crippen LogP contribution in [-0.4, -0.2) is 28.7 Å². The first-order chi connectivity index (χ1) is 14.7. The number of rotatable bonds is 3. The fourth-order valence-corrected chi connectivity index (χ4v) is 3.75. The molecule has 1 atom stereocenters. The molecule has 1 aliphatic heterocycles. The molecule has 0 fully saturated rings. The highest BCUT2D eigenvalue weighted by Gasteiger charge is 2.33. The Labute approximate surface area is 175 Å². The van der Waals surface area contributed by atoms with Crippen molar-refractivity contribution in [2.24, 2.45) is 0 Å². The lowest BCUT2D eigenvalue weighted by Gasteiger charge is -2.20. The van der Waals surface area contributed by atoms with Gasteiger partial charge in [-0.25, -0.2) is 8.78 Å². The van der Waals surface area contributed by atoms with Gasteiger partial charge in [0.1, 0.15) is 5.82 Å². The van der Waals surface area contributed by atoms with Gasteiger partial charge in [-0.3, -0.25) is 0 Å². The van der Waals surface area contributed by atoms with Crippen molar-refractivity contribution in [3.63, 3.8) is 0 Å². The van der Waals surface area contributed by atoms with Gasteiger partial charge in [-0.15, -0.1) is 10.2 Å². The first-order valence-electron chi connectivity index (χ1n) is 9.57. The summed E-state index contributed by atoms with van der Waals surface area (Å²) in [6.07, 6.45) is -4.03. The van der Waals surface area contributed by atoms with E-state index in [4.69, 9.17) is 4.74 Å². The van der Waals surface area contributed by atoms with Gasteiger partial charge in [-0.05, 0) is 49.3 Å². The van der Waals surface area contributed by atoms with E-state index >= 15 is 4.39 Å². The van der Waals surface area contributed by atoms with Crippen LogP contribution in [0.1, 0.15) is 34.7 Å². The third-order valence-corrected chi connectivity index (χ3v) is 5.27. The van der Waals surface area contributed by atoms with Gasteiger partial charge in [0.05, 0.1) is 0 Å². The summed E-state index contributed by atoms with van der Waals surface area (Å²) in [5.41, 5.74) is 0.320. The molecule has 1 aliphatic rings. The molecule has 1 aromatic heterocycles. The average Bonchev–Trinajstić information content (AvgIpc) is 2.89. The minimum absolute atomic E-state index is 0.185. The molecular formula is C22H18F5N3O. The maximum Gasteiger partial charge on any atom is 0.435 e. The highest BCUT2D eigenvalue weighted by molar-refractivity contribution is 5.45. The maximum atomic E-state index is 15.4. The first kappa shape index (κ1) is 21.2. The number of hydrogen-bond donors (Lipinski definition) is 0. The van der Waals surface area contributed by atoms with Crippen molar-refractivity contribution in [1.82, 2.24) is 15.1 Å². The molecule has 2 heterocycles. The Balaban J connectivity index is 1.70. The molecule has 162 valence electrons. The second-order valence-electron chi connectivity index (χ2n) is 7.40. The first-order valence-corrected chi connectivity index (χ1v) is 9.57. The lowest BCUT2D eigenvalue weighted by molar-refractivity contribution is -0.141. The fraction of sp³-hybridized carbons (Fsp3) is 0.273. The average molecular weight is 435 g/mol. The molecule has 2 aromatic carbocycles. The predicted molar refractivity (Wildman–Crippen MR) is 103 cm³/mol. The summed E-state index contributed by atoms with van der Waals surface area (Å²) in [5, 5.41) is 6.46. The van der Waals surface area contributed by atoms with Crippen molar-refractivity contribution in [2.75, 3.05) is 13.6 Å². The van der Waals surface area contributed by atoms with E-state index in [2.05, 4.69) is 10.2 Å². The maximum absolute atomic E-state index is 15.4. The zero-order valence-electron chi connectivity index (χ0n) is 16.5. The lowest BCUT2D eigenvalue weighted by atomic mass is 9.86. The van der Waals surface area contributed by atoms with Crippen LogP contribution in [0.25, 0.3) is 0 Å². The van der Waals surface area contributed by atoms with Gasteiger partial charge in [0.25, 0.3) is 0 Å². The smallest absolute Gasteiger partial charge is 0.434 e. The van der Waals surface area contributed by atoms with Crippen LogP contribution in [0, 0.1) is 11.6 Å². The van der Waals surface area contributed by atoms with Crippen LogP contribution in [0.5, 0.6) is 11.6 Å². The third kappa shape index (κ3) is 4.36. The third-order valence-electron chi connectivity index (χ3n) is 5.27. The monoisotopic (exact) mass is 435 g/mol. The normalized spacial score (nSPS) is 17.2. The summed E-state index contributed by atoms with van der Waals surface area (Å²) < 4.78 is 73.1. The summed E-state index contributed by atoms with van der Waals surface area (Å²) in [6.45, 7) is 0.912. The van der Waals surface area contributed by atoms with Crippen molar-refractivity contribution >= 4 is 0 Å². The van der Waals surface area contributed by atoms with Crippen molar-refractivity contribution in [3.8, 4) is 11.6 Å². The van der Waals surface area contributed by atoms with Gasteiger partial charge in [0.2, 0.25) is 5.88 Å². The molecule has 4 rings (SSSR count). The van der Waals surface area contributed by atoms with E-state index in [0.717, 1.165) is 6.07 Å². The number of hydrogen-bond acceptors (Lipinski definition) is 4. The van der Waals surface area contributed by atoms with Crippen molar-refractivity contribution in [1.29, 1.82) is 0 Å². The van der Waals surface area contributed by atoms with Gasteiger partial charge in [0, 0.05) is 24.1 Å². The number of fused-ring (bicyclic) bond motifs is 1. The SMILES string of the molecule is CN1CCC(c2ccccc2F)c2ccc(Oc3ccc(C(F)(F)F)nn3)c(F)c2C1. The summed E-state index contributed by atoms with van der Waals surface area (Å²) >= 11 is 0.